The summed E-state index contributed by atoms with van der Waals surface area (Å²) in [5, 5.41) is 9.52. The molecule has 1 aromatic carbocycles. The first-order valence-electron chi connectivity index (χ1n) is 3.52. The molecule has 0 saturated carbocycles. The van der Waals surface area contributed by atoms with Crippen LogP contribution in [0.2, 0.25) is 0 Å². The minimum atomic E-state index is 0.446. The van der Waals surface area contributed by atoms with Crippen LogP contribution in [0.3, 0.4) is 0 Å². The number of benzene rings is 1. The van der Waals surface area contributed by atoms with Gasteiger partial charge in [0.25, 0.3) is 0 Å². The van der Waals surface area contributed by atoms with Crippen molar-refractivity contribution in [2.24, 2.45) is 0 Å². The molecule has 0 atom stereocenters. The van der Waals surface area contributed by atoms with Gasteiger partial charge in [-0.1, -0.05) is 18.2 Å². The van der Waals surface area contributed by atoms with E-state index in [1.165, 1.54) is 0 Å². The normalized spacial score (nSPS) is 10.0. The Kier molecular flexibility index (Phi) is 2.83. The van der Waals surface area contributed by atoms with Crippen molar-refractivity contribution in [3.05, 3.63) is 29.3 Å². The van der Waals surface area contributed by atoms with E-state index in [9.17, 15) is 5.11 Å². The Morgan fingerprint density at radius 1 is 1.45 bits per heavy atom. The van der Waals surface area contributed by atoms with Crippen molar-refractivity contribution in [1.82, 2.24) is 0 Å². The summed E-state index contributed by atoms with van der Waals surface area (Å²) >= 11 is 1.72. The zero-order valence-corrected chi connectivity index (χ0v) is 7.61. The summed E-state index contributed by atoms with van der Waals surface area (Å²) in [7, 11) is 0. The highest BCUT2D eigenvalue weighted by Gasteiger charge is 2.00. The highest BCUT2D eigenvalue weighted by molar-refractivity contribution is 7.97. The van der Waals surface area contributed by atoms with Crippen LogP contribution < -0.4 is 0 Å². The fourth-order valence-corrected chi connectivity index (χ4v) is 1.54. The van der Waals surface area contributed by atoms with Crippen molar-refractivity contribution >= 4 is 11.8 Å². The fourth-order valence-electron chi connectivity index (χ4n) is 0.992. The first-order valence-corrected chi connectivity index (χ1v) is 4.91. The summed E-state index contributed by atoms with van der Waals surface area (Å²) in [6, 6.07) is 5.85. The molecular weight excluding hydrogens is 156 g/mol. The van der Waals surface area contributed by atoms with Gasteiger partial charge >= 0.3 is 0 Å². The summed E-state index contributed by atoms with van der Waals surface area (Å²) in [5.41, 5.74) is 1.98. The Labute approximate surface area is 71.4 Å². The van der Waals surface area contributed by atoms with E-state index in [1.54, 1.807) is 11.8 Å². The maximum Gasteiger partial charge on any atom is 0.122 e. The molecule has 0 amide bonds. The predicted octanol–water partition coefficient (Wildman–Crippen LogP) is 2.56. The van der Waals surface area contributed by atoms with Crippen LogP contribution in [0, 0.1) is 6.92 Å². The minimum absolute atomic E-state index is 0.446. The van der Waals surface area contributed by atoms with Crippen molar-refractivity contribution in [3.8, 4) is 5.75 Å². The molecule has 0 radical (unpaired) electrons. The highest BCUT2D eigenvalue weighted by atomic mass is 32.2. The molecule has 2 heteroatoms. The molecule has 0 unspecified atom stereocenters. The monoisotopic (exact) mass is 168 g/mol. The number of hydrogen-bond acceptors (Lipinski definition) is 2. The quantitative estimate of drug-likeness (QED) is 0.732. The maximum absolute atomic E-state index is 9.52. The van der Waals surface area contributed by atoms with Gasteiger partial charge in [0.2, 0.25) is 0 Å². The Balaban J connectivity index is 2.96. The number of thioether (sulfide) groups is 1. The standard InChI is InChI=1S/C9H12OS/c1-7-4-3-5-8(6-11-2)9(7)10/h3-5,10H,6H2,1-2H3. The molecule has 0 saturated heterocycles. The molecule has 1 N–H and O–H groups in total. The first-order chi connectivity index (χ1) is 5.25. The summed E-state index contributed by atoms with van der Waals surface area (Å²) in [4.78, 5) is 0. The molecule has 0 heterocycles. The molecule has 0 aliphatic heterocycles. The van der Waals surface area contributed by atoms with Crippen molar-refractivity contribution < 1.29 is 5.11 Å². The lowest BCUT2D eigenvalue weighted by atomic mass is 10.1. The number of aryl methyl sites for hydroxylation is 1. The molecule has 0 aliphatic rings. The lowest BCUT2D eigenvalue weighted by Gasteiger charge is -2.04. The van der Waals surface area contributed by atoms with Gasteiger partial charge in [0.15, 0.2) is 0 Å². The Bertz CT molecular complexity index is 245. The number of rotatable bonds is 2. The van der Waals surface area contributed by atoms with Crippen molar-refractivity contribution in [2.45, 2.75) is 12.7 Å². The second kappa shape index (κ2) is 3.67. The van der Waals surface area contributed by atoms with Gasteiger partial charge in [-0.2, -0.15) is 11.8 Å². The molecule has 60 valence electrons. The third-order valence-electron chi connectivity index (χ3n) is 1.62. The van der Waals surface area contributed by atoms with Crippen LogP contribution >= 0.6 is 11.8 Å². The molecule has 0 bridgehead atoms. The highest BCUT2D eigenvalue weighted by Crippen LogP contribution is 2.24. The van der Waals surface area contributed by atoms with Gasteiger partial charge in [0, 0.05) is 11.3 Å². The van der Waals surface area contributed by atoms with E-state index in [1.807, 2.05) is 31.4 Å². The van der Waals surface area contributed by atoms with E-state index in [-0.39, 0.29) is 0 Å². The van der Waals surface area contributed by atoms with E-state index in [2.05, 4.69) is 0 Å². The molecule has 1 nitrogen and oxygen atoms in total. The van der Waals surface area contributed by atoms with Gasteiger partial charge < -0.3 is 5.11 Å². The van der Waals surface area contributed by atoms with E-state index in [0.717, 1.165) is 16.9 Å². The molecule has 0 aromatic heterocycles. The van der Waals surface area contributed by atoms with E-state index in [4.69, 9.17) is 0 Å². The zero-order valence-electron chi connectivity index (χ0n) is 6.79. The van der Waals surface area contributed by atoms with E-state index < -0.39 is 0 Å². The topological polar surface area (TPSA) is 20.2 Å². The minimum Gasteiger partial charge on any atom is -0.507 e. The second-order valence-corrected chi connectivity index (χ2v) is 3.38. The molecule has 0 spiro atoms. The van der Waals surface area contributed by atoms with Crippen LogP contribution in [0.5, 0.6) is 5.75 Å². The van der Waals surface area contributed by atoms with Crippen LogP contribution in [-0.2, 0) is 5.75 Å². The maximum atomic E-state index is 9.52. The average molecular weight is 168 g/mol. The first kappa shape index (κ1) is 8.47. The Morgan fingerprint density at radius 3 is 2.82 bits per heavy atom. The summed E-state index contributed by atoms with van der Waals surface area (Å²) in [5.74, 6) is 1.33. The van der Waals surface area contributed by atoms with Crippen LogP contribution in [0.4, 0.5) is 0 Å². The van der Waals surface area contributed by atoms with Crippen molar-refractivity contribution in [1.29, 1.82) is 0 Å². The number of hydrogen-bond donors (Lipinski definition) is 1. The molecule has 1 aromatic rings. The van der Waals surface area contributed by atoms with Crippen LogP contribution in [-0.4, -0.2) is 11.4 Å². The van der Waals surface area contributed by atoms with Gasteiger partial charge in [-0.3, -0.25) is 0 Å². The van der Waals surface area contributed by atoms with Gasteiger partial charge in [0.05, 0.1) is 0 Å². The second-order valence-electron chi connectivity index (χ2n) is 2.52. The van der Waals surface area contributed by atoms with Crippen molar-refractivity contribution in [2.75, 3.05) is 6.26 Å². The van der Waals surface area contributed by atoms with E-state index in [0.29, 0.717) is 5.75 Å². The molecule has 0 aliphatic carbocycles. The largest absolute Gasteiger partial charge is 0.507 e. The van der Waals surface area contributed by atoms with Crippen LogP contribution in [0.25, 0.3) is 0 Å². The average Bonchev–Trinajstić information content (AvgIpc) is 1.99. The molecule has 11 heavy (non-hydrogen) atoms. The SMILES string of the molecule is CSCc1cccc(C)c1O. The number of phenols is 1. The number of aromatic hydroxyl groups is 1. The third kappa shape index (κ3) is 1.90. The van der Waals surface area contributed by atoms with Gasteiger partial charge in [0.1, 0.15) is 5.75 Å². The fraction of sp³-hybridized carbons (Fsp3) is 0.333. The summed E-state index contributed by atoms with van der Waals surface area (Å²) in [6.07, 6.45) is 2.03. The van der Waals surface area contributed by atoms with Crippen LogP contribution in [0.1, 0.15) is 11.1 Å². The Morgan fingerprint density at radius 2 is 2.18 bits per heavy atom. The van der Waals surface area contributed by atoms with Gasteiger partial charge in [-0.05, 0) is 18.7 Å². The summed E-state index contributed by atoms with van der Waals surface area (Å²) in [6.45, 7) is 1.92. The van der Waals surface area contributed by atoms with E-state index >= 15 is 0 Å². The van der Waals surface area contributed by atoms with Gasteiger partial charge in [-0.25, -0.2) is 0 Å². The van der Waals surface area contributed by atoms with Crippen molar-refractivity contribution in [3.63, 3.8) is 0 Å². The summed E-state index contributed by atoms with van der Waals surface area (Å²) < 4.78 is 0. The molecule has 1 rings (SSSR count). The lowest BCUT2D eigenvalue weighted by Crippen LogP contribution is -1.83. The Hall–Kier alpha value is -0.630. The zero-order chi connectivity index (χ0) is 8.27. The lowest BCUT2D eigenvalue weighted by molar-refractivity contribution is 0.466. The molecular formula is C9H12OS. The number of para-hydroxylation sites is 1. The third-order valence-corrected chi connectivity index (χ3v) is 2.22. The van der Waals surface area contributed by atoms with Crippen LogP contribution in [0.15, 0.2) is 18.2 Å². The predicted molar refractivity (Wildman–Crippen MR) is 50.1 cm³/mol. The van der Waals surface area contributed by atoms with Gasteiger partial charge in [-0.15, -0.1) is 0 Å². The number of phenolic OH excluding ortho intramolecular Hbond substituents is 1. The smallest absolute Gasteiger partial charge is 0.122 e. The molecule has 0 fully saturated rings.